The quantitative estimate of drug-likeness (QED) is 0.543. The monoisotopic (exact) mass is 294 g/mol. The summed E-state index contributed by atoms with van der Waals surface area (Å²) in [5, 5.41) is 23.0. The lowest BCUT2D eigenvalue weighted by molar-refractivity contribution is -0.0489. The zero-order valence-electron chi connectivity index (χ0n) is 11.5. The topological polar surface area (TPSA) is 131 Å². The van der Waals surface area contributed by atoms with Gasteiger partial charge in [0.25, 0.3) is 0 Å². The number of hydrogen-bond acceptors (Lipinski definition) is 8. The van der Waals surface area contributed by atoms with Crippen molar-refractivity contribution in [1.82, 2.24) is 24.8 Å². The van der Waals surface area contributed by atoms with Crippen molar-refractivity contribution >= 4 is 17.0 Å². The number of nitrogen functional groups attached to an aromatic ring is 1. The predicted molar refractivity (Wildman–Crippen MR) is 74.2 cm³/mol. The average molecular weight is 294 g/mol. The van der Waals surface area contributed by atoms with E-state index in [1.807, 2.05) is 6.92 Å². The van der Waals surface area contributed by atoms with Crippen LogP contribution < -0.4 is 11.1 Å². The Morgan fingerprint density at radius 3 is 2.95 bits per heavy atom. The summed E-state index contributed by atoms with van der Waals surface area (Å²) in [5.41, 5.74) is 6.69. The number of aliphatic hydroxyl groups excluding tert-OH is 2. The molecule has 5 N–H and O–H groups in total. The van der Waals surface area contributed by atoms with Gasteiger partial charge in [-0.3, -0.25) is 4.57 Å². The third-order valence-electron chi connectivity index (χ3n) is 3.66. The number of nitrogens with two attached hydrogens (primary N) is 1. The zero-order chi connectivity index (χ0) is 15.0. The van der Waals surface area contributed by atoms with E-state index in [9.17, 15) is 10.2 Å². The maximum atomic E-state index is 10.5. The smallest absolute Gasteiger partial charge is 0.167 e. The van der Waals surface area contributed by atoms with Crippen LogP contribution in [-0.2, 0) is 4.74 Å². The molecule has 1 aliphatic heterocycles. The van der Waals surface area contributed by atoms with Gasteiger partial charge in [0.1, 0.15) is 24.1 Å². The largest absolute Gasteiger partial charge is 0.394 e. The van der Waals surface area contributed by atoms with Crippen molar-refractivity contribution in [2.45, 2.75) is 31.4 Å². The minimum Gasteiger partial charge on any atom is -0.394 e. The van der Waals surface area contributed by atoms with Crippen LogP contribution in [0.5, 0.6) is 0 Å². The Kier molecular flexibility index (Phi) is 3.72. The Morgan fingerprint density at radius 2 is 2.24 bits per heavy atom. The third-order valence-corrected chi connectivity index (χ3v) is 3.66. The fraction of sp³-hybridized carbons (Fsp3) is 0.583. The number of imidazole rings is 1. The summed E-state index contributed by atoms with van der Waals surface area (Å²) in [6, 6.07) is -0.360. The molecule has 114 valence electrons. The summed E-state index contributed by atoms with van der Waals surface area (Å²) in [6.07, 6.45) is 0.817. The number of anilines is 1. The second-order valence-electron chi connectivity index (χ2n) is 4.90. The van der Waals surface area contributed by atoms with E-state index in [-0.39, 0.29) is 18.5 Å². The molecule has 1 fully saturated rings. The molecule has 9 heteroatoms. The number of likely N-dealkylation sites (N-methyl/N-ethyl adjacent to an activating group) is 1. The van der Waals surface area contributed by atoms with E-state index in [1.165, 1.54) is 12.7 Å². The van der Waals surface area contributed by atoms with Crippen LogP contribution >= 0.6 is 0 Å². The van der Waals surface area contributed by atoms with Crippen LogP contribution in [0.25, 0.3) is 11.2 Å². The zero-order valence-corrected chi connectivity index (χ0v) is 11.5. The van der Waals surface area contributed by atoms with E-state index < -0.39 is 18.4 Å². The van der Waals surface area contributed by atoms with Crippen LogP contribution in [0.4, 0.5) is 5.82 Å². The molecule has 0 saturated carbocycles. The van der Waals surface area contributed by atoms with Crippen molar-refractivity contribution in [3.8, 4) is 0 Å². The molecule has 0 unspecified atom stereocenters. The maximum absolute atomic E-state index is 10.5. The maximum Gasteiger partial charge on any atom is 0.167 e. The van der Waals surface area contributed by atoms with Crippen LogP contribution in [0, 0.1) is 0 Å². The van der Waals surface area contributed by atoms with Crippen LogP contribution in [0.2, 0.25) is 0 Å². The third kappa shape index (κ3) is 2.23. The highest BCUT2D eigenvalue weighted by Gasteiger charge is 2.44. The number of fused-ring (bicyclic) bond motifs is 1. The molecule has 4 atom stereocenters. The lowest BCUT2D eigenvalue weighted by atomic mass is 10.1. The second kappa shape index (κ2) is 5.53. The van der Waals surface area contributed by atoms with Gasteiger partial charge in [0, 0.05) is 0 Å². The van der Waals surface area contributed by atoms with Gasteiger partial charge in [-0.05, 0) is 6.54 Å². The Labute approximate surface area is 120 Å². The summed E-state index contributed by atoms with van der Waals surface area (Å²) in [4.78, 5) is 12.2. The number of aliphatic hydroxyl groups is 2. The molecule has 2 aromatic rings. The first-order valence-electron chi connectivity index (χ1n) is 6.78. The fourth-order valence-electron chi connectivity index (χ4n) is 2.67. The van der Waals surface area contributed by atoms with Gasteiger partial charge < -0.3 is 26.0 Å². The van der Waals surface area contributed by atoms with Gasteiger partial charge in [0.2, 0.25) is 0 Å². The first kappa shape index (κ1) is 14.1. The van der Waals surface area contributed by atoms with Gasteiger partial charge in [-0.1, -0.05) is 6.92 Å². The lowest BCUT2D eigenvalue weighted by Crippen LogP contribution is -2.45. The van der Waals surface area contributed by atoms with E-state index in [4.69, 9.17) is 10.5 Å². The van der Waals surface area contributed by atoms with Crippen molar-refractivity contribution in [3.05, 3.63) is 12.7 Å². The normalized spacial score (nSPS) is 29.3. The van der Waals surface area contributed by atoms with Gasteiger partial charge in [0.05, 0.1) is 19.0 Å². The molecule has 3 rings (SSSR count). The minimum absolute atomic E-state index is 0.186. The molecule has 1 aliphatic rings. The number of ether oxygens (including phenoxy) is 1. The highest BCUT2D eigenvalue weighted by atomic mass is 16.5. The second-order valence-corrected chi connectivity index (χ2v) is 4.90. The van der Waals surface area contributed by atoms with E-state index in [1.54, 1.807) is 4.57 Å². The van der Waals surface area contributed by atoms with E-state index in [0.717, 1.165) is 0 Å². The Hall–Kier alpha value is -1.81. The van der Waals surface area contributed by atoms with E-state index >= 15 is 0 Å². The molecule has 9 nitrogen and oxygen atoms in total. The lowest BCUT2D eigenvalue weighted by Gasteiger charge is -2.19. The van der Waals surface area contributed by atoms with Crippen molar-refractivity contribution in [3.63, 3.8) is 0 Å². The fourth-order valence-corrected chi connectivity index (χ4v) is 2.67. The van der Waals surface area contributed by atoms with Gasteiger partial charge in [0.15, 0.2) is 17.7 Å². The molecule has 1 saturated heterocycles. The van der Waals surface area contributed by atoms with Gasteiger partial charge in [-0.15, -0.1) is 0 Å². The number of hydrogen-bond donors (Lipinski definition) is 4. The number of nitrogens with zero attached hydrogens (tertiary/aromatic N) is 4. The number of nitrogens with one attached hydrogen (secondary N) is 1. The van der Waals surface area contributed by atoms with Crippen molar-refractivity contribution in [1.29, 1.82) is 0 Å². The molecule has 0 radical (unpaired) electrons. The summed E-state index contributed by atoms with van der Waals surface area (Å²) in [7, 11) is 0. The number of rotatable bonds is 4. The average Bonchev–Trinajstić information content (AvgIpc) is 3.03. The summed E-state index contributed by atoms with van der Waals surface area (Å²) in [6.45, 7) is 2.40. The van der Waals surface area contributed by atoms with Crippen LogP contribution in [0.1, 0.15) is 13.2 Å². The van der Waals surface area contributed by atoms with Gasteiger partial charge >= 0.3 is 0 Å². The number of aromatic nitrogens is 4. The molecule has 2 aromatic heterocycles. The van der Waals surface area contributed by atoms with Crippen molar-refractivity contribution in [2.24, 2.45) is 0 Å². The predicted octanol–water partition coefficient (Wildman–Crippen LogP) is -1.36. The Balaban J connectivity index is 1.97. The van der Waals surface area contributed by atoms with E-state index in [2.05, 4.69) is 20.3 Å². The highest BCUT2D eigenvalue weighted by Crippen LogP contribution is 2.31. The highest BCUT2D eigenvalue weighted by molar-refractivity contribution is 5.81. The molecule has 0 aliphatic carbocycles. The molecular formula is C12H18N6O3. The standard InChI is InChI=1S/C12H18N6O3/c1-2-14-7-6(3-19)21-12(9(7)20)18-5-17-8-10(13)15-4-16-11(8)18/h4-7,9,12,14,19-20H,2-3H2,1H3,(H2,13,15,16)/t6-,7-,9-,12-/m1/s1. The van der Waals surface area contributed by atoms with Crippen molar-refractivity contribution < 1.29 is 14.9 Å². The first-order chi connectivity index (χ1) is 10.2. The van der Waals surface area contributed by atoms with Crippen molar-refractivity contribution in [2.75, 3.05) is 18.9 Å². The minimum atomic E-state index is -0.837. The SMILES string of the molecule is CCN[C@H]1[C@@H](O)[C@H](n2cnc3c(N)ncnc32)O[C@@H]1CO. The molecular weight excluding hydrogens is 276 g/mol. The summed E-state index contributed by atoms with van der Waals surface area (Å²) < 4.78 is 7.35. The molecule has 0 bridgehead atoms. The molecule has 0 amide bonds. The van der Waals surface area contributed by atoms with E-state index in [0.29, 0.717) is 17.7 Å². The summed E-state index contributed by atoms with van der Waals surface area (Å²) in [5.74, 6) is 0.271. The molecule has 0 spiro atoms. The van der Waals surface area contributed by atoms with Crippen LogP contribution in [-0.4, -0.2) is 61.1 Å². The van der Waals surface area contributed by atoms with Gasteiger partial charge in [-0.25, -0.2) is 15.0 Å². The molecule has 3 heterocycles. The molecule has 0 aromatic carbocycles. The first-order valence-corrected chi connectivity index (χ1v) is 6.78. The Bertz CT molecular complexity index is 632. The van der Waals surface area contributed by atoms with Crippen LogP contribution in [0.15, 0.2) is 12.7 Å². The summed E-state index contributed by atoms with van der Waals surface area (Å²) >= 11 is 0. The Morgan fingerprint density at radius 1 is 1.43 bits per heavy atom. The van der Waals surface area contributed by atoms with Gasteiger partial charge in [-0.2, -0.15) is 0 Å². The van der Waals surface area contributed by atoms with Crippen LogP contribution in [0.3, 0.4) is 0 Å². The molecule has 21 heavy (non-hydrogen) atoms.